The van der Waals surface area contributed by atoms with Crippen molar-refractivity contribution in [3.05, 3.63) is 78.9 Å². The molecule has 0 heterocycles. The summed E-state index contributed by atoms with van der Waals surface area (Å²) in [6.07, 6.45) is 0. The molecular weight excluding hydrogens is 291 g/mol. The van der Waals surface area contributed by atoms with Gasteiger partial charge in [-0.1, -0.05) is 66.7 Å². The molecule has 110 valence electrons. The molecule has 0 aliphatic carbocycles. The van der Waals surface area contributed by atoms with Crippen molar-refractivity contribution in [1.82, 2.24) is 0 Å². The van der Waals surface area contributed by atoms with Crippen molar-refractivity contribution in [2.45, 2.75) is 0 Å². The number of hydrogen-bond donors (Lipinski definition) is 1. The van der Waals surface area contributed by atoms with Crippen molar-refractivity contribution < 1.29 is 9.84 Å². The molecule has 22 heavy (non-hydrogen) atoms. The number of benzene rings is 3. The smallest absolute Gasteiger partial charge is 0.130 e. The highest BCUT2D eigenvalue weighted by molar-refractivity contribution is 7.80. The third kappa shape index (κ3) is 2.84. The second-order valence-electron chi connectivity index (χ2n) is 4.83. The zero-order chi connectivity index (χ0) is 15.4. The van der Waals surface area contributed by atoms with Crippen LogP contribution in [0.5, 0.6) is 11.5 Å². The minimum atomic E-state index is -0.868. The van der Waals surface area contributed by atoms with E-state index in [1.807, 2.05) is 42.5 Å². The second kappa shape index (κ2) is 6.64. The summed E-state index contributed by atoms with van der Waals surface area (Å²) < 4.78 is 5.51. The summed E-state index contributed by atoms with van der Waals surface area (Å²) in [4.78, 5) is 0. The molecule has 3 heteroatoms. The first kappa shape index (κ1) is 14.6. The number of methoxy groups -OCH3 is 1. The molecule has 0 spiro atoms. The van der Waals surface area contributed by atoms with Gasteiger partial charge in [-0.15, -0.1) is 0 Å². The molecule has 3 aromatic carbocycles. The third-order valence-electron chi connectivity index (χ3n) is 3.45. The number of hydrogen-bond acceptors (Lipinski definition) is 2. The van der Waals surface area contributed by atoms with Crippen LogP contribution in [0.15, 0.2) is 78.9 Å². The predicted molar refractivity (Wildman–Crippen MR) is 93.4 cm³/mol. The maximum absolute atomic E-state index is 10.5. The van der Waals surface area contributed by atoms with Gasteiger partial charge in [-0.3, -0.25) is 0 Å². The van der Waals surface area contributed by atoms with Gasteiger partial charge in [-0.2, -0.15) is 0 Å². The van der Waals surface area contributed by atoms with E-state index < -0.39 is 7.92 Å². The first-order chi connectivity index (χ1) is 10.8. The lowest BCUT2D eigenvalue weighted by atomic mass is 10.3. The Hall–Kier alpha value is -2.31. The molecule has 2 nitrogen and oxygen atoms in total. The Labute approximate surface area is 131 Å². The van der Waals surface area contributed by atoms with Gasteiger partial charge in [0.05, 0.1) is 12.4 Å². The molecule has 1 N–H and O–H groups in total. The second-order valence-corrected chi connectivity index (χ2v) is 6.99. The van der Waals surface area contributed by atoms with E-state index in [0.29, 0.717) is 0 Å². The van der Waals surface area contributed by atoms with Crippen LogP contribution in [0.1, 0.15) is 0 Å². The predicted octanol–water partition coefficient (Wildman–Crippen LogP) is 3.16. The Balaban J connectivity index is 2.24. The minimum Gasteiger partial charge on any atom is -0.507 e. The average molecular weight is 308 g/mol. The summed E-state index contributed by atoms with van der Waals surface area (Å²) in [6.45, 7) is 0. The van der Waals surface area contributed by atoms with E-state index >= 15 is 0 Å². The Morgan fingerprint density at radius 1 is 0.727 bits per heavy atom. The maximum atomic E-state index is 10.5. The fourth-order valence-electron chi connectivity index (χ4n) is 2.46. The molecule has 0 atom stereocenters. The SMILES string of the molecule is COc1cccc(O)c1P(c1ccccc1)c1ccccc1. The van der Waals surface area contributed by atoms with Crippen LogP contribution in [0.25, 0.3) is 0 Å². The first-order valence-electron chi connectivity index (χ1n) is 7.07. The molecule has 3 rings (SSSR count). The van der Waals surface area contributed by atoms with E-state index in [1.54, 1.807) is 19.2 Å². The normalized spacial score (nSPS) is 10.6. The zero-order valence-electron chi connectivity index (χ0n) is 12.3. The van der Waals surface area contributed by atoms with Gasteiger partial charge in [0.15, 0.2) is 0 Å². The van der Waals surface area contributed by atoms with E-state index in [0.717, 1.165) is 11.1 Å². The van der Waals surface area contributed by atoms with Crippen molar-refractivity contribution in [3.8, 4) is 11.5 Å². The molecule has 0 fully saturated rings. The lowest BCUT2D eigenvalue weighted by molar-refractivity contribution is 0.413. The van der Waals surface area contributed by atoms with Gasteiger partial charge in [-0.05, 0) is 30.7 Å². The monoisotopic (exact) mass is 308 g/mol. The molecule has 0 saturated carbocycles. The van der Waals surface area contributed by atoms with Gasteiger partial charge < -0.3 is 9.84 Å². The van der Waals surface area contributed by atoms with Crippen molar-refractivity contribution >= 4 is 23.8 Å². The highest BCUT2D eigenvalue weighted by Gasteiger charge is 2.23. The van der Waals surface area contributed by atoms with Gasteiger partial charge in [0.25, 0.3) is 0 Å². The molecule has 0 aliphatic rings. The Kier molecular flexibility index (Phi) is 4.41. The van der Waals surface area contributed by atoms with Crippen LogP contribution in [0.2, 0.25) is 0 Å². The summed E-state index contributed by atoms with van der Waals surface area (Å²) in [5.74, 6) is 0.997. The fraction of sp³-hybridized carbons (Fsp3) is 0.0526. The lowest BCUT2D eigenvalue weighted by Gasteiger charge is -2.22. The molecular formula is C19H17O2P. The number of rotatable bonds is 4. The lowest BCUT2D eigenvalue weighted by Crippen LogP contribution is -2.22. The highest BCUT2D eigenvalue weighted by atomic mass is 31.1. The van der Waals surface area contributed by atoms with Crippen LogP contribution in [-0.2, 0) is 0 Å². The van der Waals surface area contributed by atoms with E-state index in [1.165, 1.54) is 10.6 Å². The van der Waals surface area contributed by atoms with Crippen LogP contribution in [0.4, 0.5) is 0 Å². The largest absolute Gasteiger partial charge is 0.507 e. The molecule has 3 aromatic rings. The van der Waals surface area contributed by atoms with E-state index in [-0.39, 0.29) is 5.75 Å². The van der Waals surface area contributed by atoms with Crippen LogP contribution in [0, 0.1) is 0 Å². The molecule has 0 amide bonds. The Morgan fingerprint density at radius 2 is 1.27 bits per heavy atom. The van der Waals surface area contributed by atoms with E-state index in [9.17, 15) is 5.11 Å². The first-order valence-corrected chi connectivity index (χ1v) is 8.41. The Morgan fingerprint density at radius 3 is 1.77 bits per heavy atom. The summed E-state index contributed by atoms with van der Waals surface area (Å²) in [5.41, 5.74) is 0. The van der Waals surface area contributed by atoms with Gasteiger partial charge >= 0.3 is 0 Å². The van der Waals surface area contributed by atoms with Crippen LogP contribution in [0.3, 0.4) is 0 Å². The van der Waals surface area contributed by atoms with Gasteiger partial charge in [0.1, 0.15) is 11.5 Å². The molecule has 0 saturated heterocycles. The van der Waals surface area contributed by atoms with Crippen molar-refractivity contribution in [2.75, 3.05) is 7.11 Å². The quantitative estimate of drug-likeness (QED) is 0.750. The number of aromatic hydroxyl groups is 1. The zero-order valence-corrected chi connectivity index (χ0v) is 13.2. The molecule has 0 aromatic heterocycles. The maximum Gasteiger partial charge on any atom is 0.130 e. The minimum absolute atomic E-state index is 0.276. The number of phenols is 1. The van der Waals surface area contributed by atoms with Crippen LogP contribution < -0.4 is 20.7 Å². The molecule has 0 bridgehead atoms. The number of phenolic OH excluding ortho intramolecular Hbond substituents is 1. The summed E-state index contributed by atoms with van der Waals surface area (Å²) in [6, 6.07) is 26.0. The standard InChI is InChI=1S/C19H17O2P/c1-21-18-14-8-13-17(20)19(18)22(15-9-4-2-5-10-15)16-11-6-3-7-12-16/h2-14,20H,1H3. The summed E-state index contributed by atoms with van der Waals surface area (Å²) in [5, 5.41) is 13.7. The summed E-state index contributed by atoms with van der Waals surface area (Å²) >= 11 is 0. The van der Waals surface area contributed by atoms with E-state index in [2.05, 4.69) is 24.3 Å². The molecule has 0 unspecified atom stereocenters. The molecule has 0 aliphatic heterocycles. The van der Waals surface area contributed by atoms with Gasteiger partial charge in [-0.25, -0.2) is 0 Å². The average Bonchev–Trinajstić information content (AvgIpc) is 2.58. The fourth-order valence-corrected chi connectivity index (χ4v) is 4.91. The van der Waals surface area contributed by atoms with Gasteiger partial charge in [0.2, 0.25) is 0 Å². The Bertz CT molecular complexity index is 702. The third-order valence-corrected chi connectivity index (χ3v) is 5.98. The van der Waals surface area contributed by atoms with Crippen LogP contribution in [-0.4, -0.2) is 12.2 Å². The highest BCUT2D eigenvalue weighted by Crippen LogP contribution is 2.39. The number of ether oxygens (including phenoxy) is 1. The molecule has 0 radical (unpaired) electrons. The topological polar surface area (TPSA) is 29.5 Å². The van der Waals surface area contributed by atoms with Crippen molar-refractivity contribution in [2.24, 2.45) is 0 Å². The van der Waals surface area contributed by atoms with Crippen molar-refractivity contribution in [3.63, 3.8) is 0 Å². The van der Waals surface area contributed by atoms with Crippen LogP contribution >= 0.6 is 7.92 Å². The summed E-state index contributed by atoms with van der Waals surface area (Å²) in [7, 11) is 0.772. The van der Waals surface area contributed by atoms with Crippen molar-refractivity contribution in [1.29, 1.82) is 0 Å². The van der Waals surface area contributed by atoms with E-state index in [4.69, 9.17) is 4.74 Å². The van der Waals surface area contributed by atoms with Gasteiger partial charge in [0, 0.05) is 0 Å².